The lowest BCUT2D eigenvalue weighted by molar-refractivity contribution is -0.120. The number of amides is 1. The Bertz CT molecular complexity index is 1880. The zero-order valence-electron chi connectivity index (χ0n) is 24.0. The number of aromatic nitrogens is 1. The Kier molecular flexibility index (Phi) is 9.52. The summed E-state index contributed by atoms with van der Waals surface area (Å²) in [7, 11) is -3.43. The molecule has 9 nitrogen and oxygen atoms in total. The molecule has 4 aromatic carbocycles. The third kappa shape index (κ3) is 7.51. The predicted octanol–water partition coefficient (Wildman–Crippen LogP) is 6.96. The Morgan fingerprint density at radius 1 is 0.867 bits per heavy atom. The molecule has 1 heterocycles. The standard InChI is InChI=1S/C33H29ClN4O5S2/c1-45(42,43)38-26-17-15-22(16-18-26)28-29(34)44-32(36-28)37-31(41)33(24-10-4-2-5-11-24,25-12-6-3-7-13-25)19-20-35-27-14-8-9-23(21-27)30(39)40/h2-18,21,35,38H,19-20H2,1H3,(H,39,40)(H,36,37,41). The quantitative estimate of drug-likeness (QED) is 0.114. The molecule has 230 valence electrons. The van der Waals surface area contributed by atoms with Crippen LogP contribution in [-0.4, -0.2) is 43.2 Å². The van der Waals surface area contributed by atoms with Crippen molar-refractivity contribution >= 4 is 61.3 Å². The highest BCUT2D eigenvalue weighted by atomic mass is 35.5. The number of anilines is 3. The van der Waals surface area contributed by atoms with E-state index in [1.807, 2.05) is 60.7 Å². The first kappa shape index (κ1) is 31.7. The average molecular weight is 661 g/mol. The van der Waals surface area contributed by atoms with Crippen LogP contribution in [0.15, 0.2) is 109 Å². The first-order chi connectivity index (χ1) is 21.5. The van der Waals surface area contributed by atoms with Gasteiger partial charge >= 0.3 is 5.97 Å². The molecule has 0 fully saturated rings. The van der Waals surface area contributed by atoms with E-state index in [0.29, 0.717) is 45.1 Å². The zero-order valence-corrected chi connectivity index (χ0v) is 26.4. The van der Waals surface area contributed by atoms with Crippen LogP contribution in [0, 0.1) is 0 Å². The molecule has 5 rings (SSSR count). The molecule has 0 aliphatic heterocycles. The molecule has 0 aliphatic rings. The van der Waals surface area contributed by atoms with Gasteiger partial charge in [0.15, 0.2) is 5.13 Å². The van der Waals surface area contributed by atoms with E-state index in [9.17, 15) is 23.1 Å². The van der Waals surface area contributed by atoms with Gasteiger partial charge in [-0.3, -0.25) is 9.52 Å². The average Bonchev–Trinajstić information content (AvgIpc) is 3.39. The predicted molar refractivity (Wildman–Crippen MR) is 180 cm³/mol. The molecule has 0 atom stereocenters. The molecule has 1 aromatic heterocycles. The van der Waals surface area contributed by atoms with Gasteiger partial charge in [0.05, 0.1) is 11.8 Å². The van der Waals surface area contributed by atoms with Crippen LogP contribution in [0.5, 0.6) is 0 Å². The lowest BCUT2D eigenvalue weighted by atomic mass is 9.71. The molecule has 45 heavy (non-hydrogen) atoms. The first-order valence-corrected chi connectivity index (χ1v) is 16.9. The van der Waals surface area contributed by atoms with Gasteiger partial charge in [-0.2, -0.15) is 0 Å². The summed E-state index contributed by atoms with van der Waals surface area (Å²) in [6, 6.07) is 32.1. The van der Waals surface area contributed by atoms with Gasteiger partial charge in [-0.05, 0) is 47.9 Å². The van der Waals surface area contributed by atoms with Crippen molar-refractivity contribution in [2.45, 2.75) is 11.8 Å². The largest absolute Gasteiger partial charge is 0.478 e. The maximum Gasteiger partial charge on any atom is 0.335 e. The van der Waals surface area contributed by atoms with Crippen molar-refractivity contribution in [1.82, 2.24) is 4.98 Å². The van der Waals surface area contributed by atoms with Crippen LogP contribution in [0.25, 0.3) is 11.3 Å². The molecule has 0 bridgehead atoms. The van der Waals surface area contributed by atoms with Crippen LogP contribution in [0.3, 0.4) is 0 Å². The molecular formula is C33H29ClN4O5S2. The minimum atomic E-state index is -3.43. The normalized spacial score (nSPS) is 11.5. The van der Waals surface area contributed by atoms with E-state index in [0.717, 1.165) is 28.7 Å². The minimum absolute atomic E-state index is 0.160. The highest BCUT2D eigenvalue weighted by Crippen LogP contribution is 2.40. The van der Waals surface area contributed by atoms with Gasteiger partial charge in [-0.1, -0.05) is 102 Å². The monoisotopic (exact) mass is 660 g/mol. The highest BCUT2D eigenvalue weighted by molar-refractivity contribution is 7.92. The van der Waals surface area contributed by atoms with E-state index in [-0.39, 0.29) is 11.5 Å². The number of sulfonamides is 1. The second-order valence-corrected chi connectivity index (χ2v) is 13.6. The van der Waals surface area contributed by atoms with E-state index in [4.69, 9.17) is 11.6 Å². The van der Waals surface area contributed by atoms with Gasteiger partial charge in [0.25, 0.3) is 0 Å². The summed E-state index contributed by atoms with van der Waals surface area (Å²) in [4.78, 5) is 30.6. The number of carbonyl (C=O) groups is 2. The molecule has 12 heteroatoms. The van der Waals surface area contributed by atoms with Crippen molar-refractivity contribution < 1.29 is 23.1 Å². The van der Waals surface area contributed by atoms with Crippen molar-refractivity contribution in [3.8, 4) is 11.3 Å². The number of nitrogens with zero attached hydrogens (tertiary/aromatic N) is 1. The third-order valence-electron chi connectivity index (χ3n) is 7.13. The topological polar surface area (TPSA) is 137 Å². The fourth-order valence-electron chi connectivity index (χ4n) is 5.08. The number of benzene rings is 4. The van der Waals surface area contributed by atoms with Crippen molar-refractivity contribution in [3.05, 3.63) is 130 Å². The van der Waals surface area contributed by atoms with Gasteiger partial charge in [-0.25, -0.2) is 18.2 Å². The van der Waals surface area contributed by atoms with Crippen LogP contribution in [0.1, 0.15) is 27.9 Å². The Balaban J connectivity index is 1.47. The fraction of sp³-hybridized carbons (Fsp3) is 0.121. The van der Waals surface area contributed by atoms with Gasteiger partial charge in [0, 0.05) is 23.5 Å². The summed E-state index contributed by atoms with van der Waals surface area (Å²) in [6.07, 6.45) is 1.40. The first-order valence-electron chi connectivity index (χ1n) is 13.8. The lowest BCUT2D eigenvalue weighted by Crippen LogP contribution is -2.43. The number of hydrogen-bond donors (Lipinski definition) is 4. The maximum atomic E-state index is 14.5. The second-order valence-electron chi connectivity index (χ2n) is 10.2. The Hall–Kier alpha value is -4.71. The van der Waals surface area contributed by atoms with E-state index in [1.54, 1.807) is 42.5 Å². The summed E-state index contributed by atoms with van der Waals surface area (Å²) in [6.45, 7) is 0.345. The Morgan fingerprint density at radius 3 is 2.07 bits per heavy atom. The van der Waals surface area contributed by atoms with Crippen molar-refractivity contribution in [3.63, 3.8) is 0 Å². The number of hydrogen-bond acceptors (Lipinski definition) is 7. The van der Waals surface area contributed by atoms with E-state index < -0.39 is 21.4 Å². The highest BCUT2D eigenvalue weighted by Gasteiger charge is 2.42. The summed E-state index contributed by atoms with van der Waals surface area (Å²) >= 11 is 7.71. The van der Waals surface area contributed by atoms with Crippen molar-refractivity contribution in [1.29, 1.82) is 0 Å². The molecule has 0 saturated carbocycles. The maximum absolute atomic E-state index is 14.5. The van der Waals surface area contributed by atoms with E-state index in [1.165, 1.54) is 6.07 Å². The Labute approximate surface area is 270 Å². The molecule has 0 aliphatic carbocycles. The molecular weight excluding hydrogens is 632 g/mol. The molecule has 0 spiro atoms. The fourth-order valence-corrected chi connectivity index (χ4v) is 6.73. The molecule has 5 aromatic rings. The number of carboxylic acids is 1. The van der Waals surface area contributed by atoms with Crippen molar-refractivity contribution in [2.75, 3.05) is 28.2 Å². The number of aromatic carboxylic acids is 1. The van der Waals surface area contributed by atoms with Crippen LogP contribution in [0.4, 0.5) is 16.5 Å². The number of carboxylic acid groups (broad SMARTS) is 1. The summed E-state index contributed by atoms with van der Waals surface area (Å²) in [5.74, 6) is -1.34. The lowest BCUT2D eigenvalue weighted by Gasteiger charge is -2.34. The molecule has 1 amide bonds. The summed E-state index contributed by atoms with van der Waals surface area (Å²) in [5.41, 5.74) is 2.68. The second kappa shape index (κ2) is 13.5. The number of nitrogens with one attached hydrogen (secondary N) is 3. The van der Waals surface area contributed by atoms with Crippen LogP contribution >= 0.6 is 22.9 Å². The number of rotatable bonds is 12. The molecule has 0 saturated heterocycles. The van der Waals surface area contributed by atoms with Crippen LogP contribution in [-0.2, 0) is 20.2 Å². The molecule has 0 unspecified atom stereocenters. The number of halogens is 1. The summed E-state index contributed by atoms with van der Waals surface area (Å²) < 4.78 is 25.9. The molecule has 0 radical (unpaired) electrons. The van der Waals surface area contributed by atoms with E-state index >= 15 is 0 Å². The van der Waals surface area contributed by atoms with Gasteiger partial charge in [0.2, 0.25) is 15.9 Å². The van der Waals surface area contributed by atoms with Crippen molar-refractivity contribution in [2.24, 2.45) is 0 Å². The van der Waals surface area contributed by atoms with E-state index in [2.05, 4.69) is 20.3 Å². The van der Waals surface area contributed by atoms with Crippen LogP contribution < -0.4 is 15.4 Å². The molecule has 4 N–H and O–H groups in total. The minimum Gasteiger partial charge on any atom is -0.478 e. The number of thiazole rings is 1. The van der Waals surface area contributed by atoms with Gasteiger partial charge < -0.3 is 15.7 Å². The summed E-state index contributed by atoms with van der Waals surface area (Å²) in [5, 5.41) is 16.0. The van der Waals surface area contributed by atoms with Gasteiger partial charge in [-0.15, -0.1) is 0 Å². The smallest absolute Gasteiger partial charge is 0.335 e. The zero-order chi connectivity index (χ0) is 32.0. The van der Waals surface area contributed by atoms with Gasteiger partial charge in [0.1, 0.15) is 15.4 Å². The van der Waals surface area contributed by atoms with Crippen LogP contribution in [0.2, 0.25) is 4.34 Å². The third-order valence-corrected chi connectivity index (χ3v) is 8.90. The SMILES string of the molecule is CS(=O)(=O)Nc1ccc(-c2nc(NC(=O)C(CCNc3cccc(C(=O)O)c3)(c3ccccc3)c3ccccc3)sc2Cl)cc1. The number of carbonyl (C=O) groups excluding carboxylic acids is 1. The Morgan fingerprint density at radius 2 is 1.49 bits per heavy atom.